The fraction of sp³-hybridized carbons (Fsp3) is 0.556. The molecule has 1 spiro atoms. The van der Waals surface area contributed by atoms with Crippen LogP contribution in [0.5, 0.6) is 0 Å². The summed E-state index contributed by atoms with van der Waals surface area (Å²) in [5.74, 6) is -0.269. The van der Waals surface area contributed by atoms with Crippen molar-refractivity contribution in [3.05, 3.63) is 35.9 Å². The van der Waals surface area contributed by atoms with Crippen LogP contribution in [-0.4, -0.2) is 60.1 Å². The highest BCUT2D eigenvalue weighted by atomic mass is 16.6. The average Bonchev–Trinajstić information content (AvgIpc) is 2.89. The maximum Gasteiger partial charge on any atom is 0.410 e. The molecule has 6 nitrogen and oxygen atoms in total. The molecule has 0 saturated carbocycles. The number of hydrogen-bond acceptors (Lipinski definition) is 4. The largest absolute Gasteiger partial charge is 0.441 e. The van der Waals surface area contributed by atoms with Gasteiger partial charge in [-0.2, -0.15) is 0 Å². The Morgan fingerprint density at radius 1 is 1.17 bits per heavy atom. The first-order valence-corrected chi connectivity index (χ1v) is 8.59. The van der Waals surface area contributed by atoms with E-state index in [1.54, 1.807) is 0 Å². The van der Waals surface area contributed by atoms with Crippen molar-refractivity contribution < 1.29 is 14.3 Å². The number of nitrogens with zero attached hydrogens (tertiary/aromatic N) is 2. The van der Waals surface area contributed by atoms with Crippen LogP contribution in [0.2, 0.25) is 0 Å². The van der Waals surface area contributed by atoms with E-state index in [9.17, 15) is 9.59 Å². The van der Waals surface area contributed by atoms with Gasteiger partial charge in [-0.15, -0.1) is 0 Å². The Morgan fingerprint density at radius 2 is 1.88 bits per heavy atom. The molecule has 0 aromatic heterocycles. The lowest BCUT2D eigenvalue weighted by molar-refractivity contribution is -0.118. The minimum atomic E-state index is -0.350. The van der Waals surface area contributed by atoms with Crippen LogP contribution in [0.1, 0.15) is 24.8 Å². The van der Waals surface area contributed by atoms with Crippen LogP contribution in [0.3, 0.4) is 0 Å². The summed E-state index contributed by atoms with van der Waals surface area (Å²) in [7, 11) is 0. The van der Waals surface area contributed by atoms with E-state index in [0.717, 1.165) is 32.4 Å². The highest BCUT2D eigenvalue weighted by Gasteiger charge is 2.46. The minimum Gasteiger partial charge on any atom is -0.441 e. The fourth-order valence-electron chi connectivity index (χ4n) is 3.49. The van der Waals surface area contributed by atoms with E-state index in [2.05, 4.69) is 17.0 Å². The zero-order valence-electron chi connectivity index (χ0n) is 13.9. The quantitative estimate of drug-likeness (QED) is 0.855. The number of rotatable bonds is 6. The van der Waals surface area contributed by atoms with E-state index in [-0.39, 0.29) is 17.6 Å². The normalized spacial score (nSPS) is 20.3. The van der Waals surface area contributed by atoms with Crippen molar-refractivity contribution in [3.8, 4) is 0 Å². The highest BCUT2D eigenvalue weighted by Crippen LogP contribution is 2.33. The number of nitrogens with two attached hydrogens (primary N) is 1. The van der Waals surface area contributed by atoms with Gasteiger partial charge in [0.15, 0.2) is 0 Å². The second-order valence-electron chi connectivity index (χ2n) is 6.77. The van der Waals surface area contributed by atoms with E-state index >= 15 is 0 Å². The summed E-state index contributed by atoms with van der Waals surface area (Å²) in [5.41, 5.74) is 6.08. The monoisotopic (exact) mass is 331 g/mol. The maximum atomic E-state index is 12.2. The molecule has 2 aliphatic rings. The number of primary amides is 1. The molecule has 0 bridgehead atoms. The summed E-state index contributed by atoms with van der Waals surface area (Å²) in [6, 6.07) is 10.2. The van der Waals surface area contributed by atoms with Gasteiger partial charge in [0.1, 0.15) is 5.60 Å². The van der Waals surface area contributed by atoms with Gasteiger partial charge < -0.3 is 20.3 Å². The molecule has 1 aromatic rings. The van der Waals surface area contributed by atoms with Gasteiger partial charge in [0.05, 0.1) is 6.54 Å². The van der Waals surface area contributed by atoms with Crippen molar-refractivity contribution in [2.24, 2.45) is 5.73 Å². The first-order valence-electron chi connectivity index (χ1n) is 8.59. The second-order valence-corrected chi connectivity index (χ2v) is 6.77. The number of carbonyl (C=O) groups is 2. The third-order valence-corrected chi connectivity index (χ3v) is 5.00. The molecule has 0 atom stereocenters. The van der Waals surface area contributed by atoms with Crippen molar-refractivity contribution >= 4 is 12.0 Å². The third kappa shape index (κ3) is 4.06. The number of carbonyl (C=O) groups excluding carboxylic acids is 2. The molecule has 0 aliphatic carbocycles. The van der Waals surface area contributed by atoms with E-state index in [0.29, 0.717) is 26.1 Å². The van der Waals surface area contributed by atoms with Crippen LogP contribution in [0, 0.1) is 0 Å². The van der Waals surface area contributed by atoms with Crippen molar-refractivity contribution in [2.75, 3.05) is 32.7 Å². The summed E-state index contributed by atoms with van der Waals surface area (Å²) in [5, 5.41) is 0. The molecule has 1 aromatic carbocycles. The van der Waals surface area contributed by atoms with Gasteiger partial charge in [-0.3, -0.25) is 4.79 Å². The van der Waals surface area contributed by atoms with E-state index < -0.39 is 0 Å². The SMILES string of the molecule is NC(=O)CCN1CCC2(CC1)CN(CCc1ccccc1)C(=O)O2. The molecule has 2 amide bonds. The molecule has 2 fully saturated rings. The highest BCUT2D eigenvalue weighted by molar-refractivity contribution is 5.73. The molecule has 2 aliphatic heterocycles. The molecule has 3 rings (SSSR count). The van der Waals surface area contributed by atoms with Gasteiger partial charge in [-0.1, -0.05) is 30.3 Å². The standard InChI is InChI=1S/C18H25N3O3/c19-16(22)7-10-20-12-8-18(9-13-20)14-21(17(23)24-18)11-6-15-4-2-1-3-5-15/h1-5H,6-14H2,(H2,19,22). The zero-order valence-corrected chi connectivity index (χ0v) is 13.9. The van der Waals surface area contributed by atoms with Gasteiger partial charge in [0, 0.05) is 45.4 Å². The van der Waals surface area contributed by atoms with Gasteiger partial charge in [-0.05, 0) is 12.0 Å². The summed E-state index contributed by atoms with van der Waals surface area (Å²) in [4.78, 5) is 27.1. The van der Waals surface area contributed by atoms with Crippen molar-refractivity contribution in [1.82, 2.24) is 9.80 Å². The Kier molecular flexibility index (Phi) is 5.04. The number of likely N-dealkylation sites (tertiary alicyclic amines) is 1. The number of ether oxygens (including phenoxy) is 1. The zero-order chi connectivity index (χ0) is 17.0. The number of amides is 2. The molecule has 2 heterocycles. The molecule has 2 N–H and O–H groups in total. The lowest BCUT2D eigenvalue weighted by Crippen LogP contribution is -2.47. The average molecular weight is 331 g/mol. The second kappa shape index (κ2) is 7.21. The molecule has 130 valence electrons. The third-order valence-electron chi connectivity index (χ3n) is 5.00. The Hall–Kier alpha value is -2.08. The smallest absolute Gasteiger partial charge is 0.410 e. The summed E-state index contributed by atoms with van der Waals surface area (Å²) >= 11 is 0. The van der Waals surface area contributed by atoms with Crippen LogP contribution < -0.4 is 5.73 Å². The van der Waals surface area contributed by atoms with Crippen LogP contribution in [0.15, 0.2) is 30.3 Å². The lowest BCUT2D eigenvalue weighted by atomic mass is 9.91. The summed E-state index contributed by atoms with van der Waals surface area (Å²) < 4.78 is 5.73. The number of hydrogen-bond donors (Lipinski definition) is 1. The molecular weight excluding hydrogens is 306 g/mol. The predicted octanol–water partition coefficient (Wildman–Crippen LogP) is 1.39. The first kappa shape index (κ1) is 16.8. The van der Waals surface area contributed by atoms with Crippen LogP contribution in [0.4, 0.5) is 4.79 Å². The number of piperidine rings is 1. The van der Waals surface area contributed by atoms with Crippen LogP contribution >= 0.6 is 0 Å². The number of benzene rings is 1. The Balaban J connectivity index is 1.49. The molecule has 24 heavy (non-hydrogen) atoms. The molecule has 0 radical (unpaired) electrons. The minimum absolute atomic E-state index is 0.198. The predicted molar refractivity (Wildman–Crippen MR) is 90.4 cm³/mol. The van der Waals surface area contributed by atoms with Crippen LogP contribution in [-0.2, 0) is 16.0 Å². The van der Waals surface area contributed by atoms with Gasteiger partial charge in [0.2, 0.25) is 5.91 Å². The molecular formula is C18H25N3O3. The summed E-state index contributed by atoms with van der Waals surface area (Å²) in [6.07, 6.45) is 2.67. The fourth-order valence-corrected chi connectivity index (χ4v) is 3.49. The topological polar surface area (TPSA) is 75.9 Å². The van der Waals surface area contributed by atoms with Gasteiger partial charge >= 0.3 is 6.09 Å². The van der Waals surface area contributed by atoms with Gasteiger partial charge in [-0.25, -0.2) is 4.79 Å². The van der Waals surface area contributed by atoms with Crippen molar-refractivity contribution in [1.29, 1.82) is 0 Å². The van der Waals surface area contributed by atoms with E-state index in [1.807, 2.05) is 23.1 Å². The Morgan fingerprint density at radius 3 is 2.54 bits per heavy atom. The van der Waals surface area contributed by atoms with Crippen LogP contribution in [0.25, 0.3) is 0 Å². The molecule has 6 heteroatoms. The molecule has 2 saturated heterocycles. The van der Waals surface area contributed by atoms with Crippen molar-refractivity contribution in [3.63, 3.8) is 0 Å². The van der Waals surface area contributed by atoms with E-state index in [4.69, 9.17) is 10.5 Å². The molecule has 0 unspecified atom stereocenters. The van der Waals surface area contributed by atoms with Gasteiger partial charge in [0.25, 0.3) is 0 Å². The Bertz CT molecular complexity index is 582. The lowest BCUT2D eigenvalue weighted by Gasteiger charge is -2.37. The maximum absolute atomic E-state index is 12.2. The van der Waals surface area contributed by atoms with Crippen molar-refractivity contribution in [2.45, 2.75) is 31.3 Å². The first-order chi connectivity index (χ1) is 11.6. The summed E-state index contributed by atoms with van der Waals surface area (Å²) in [6.45, 7) is 3.73. The Labute approximate surface area is 142 Å². The van der Waals surface area contributed by atoms with E-state index in [1.165, 1.54) is 5.56 Å².